The molecule has 0 atom stereocenters. The van der Waals surface area contributed by atoms with E-state index in [4.69, 9.17) is 4.98 Å². The van der Waals surface area contributed by atoms with E-state index >= 15 is 0 Å². The van der Waals surface area contributed by atoms with E-state index in [2.05, 4.69) is 51.4 Å². The molecule has 1 aliphatic carbocycles. The van der Waals surface area contributed by atoms with E-state index < -0.39 is 0 Å². The van der Waals surface area contributed by atoms with Gasteiger partial charge >= 0.3 is 0 Å². The molecule has 3 rings (SSSR count). The lowest BCUT2D eigenvalue weighted by atomic mass is 10.1. The number of nitrogens with zero attached hydrogens (tertiary/aromatic N) is 2. The summed E-state index contributed by atoms with van der Waals surface area (Å²) in [6, 6.07) is 8.27. The molecule has 1 aromatic carbocycles. The number of aromatic nitrogens is 2. The monoisotopic (exact) mass is 317 g/mol. The third kappa shape index (κ3) is 2.63. The van der Waals surface area contributed by atoms with Crippen LogP contribution in [0, 0.1) is 6.92 Å². The molecule has 1 aliphatic rings. The lowest BCUT2D eigenvalue weighted by Gasteiger charge is -2.09. The van der Waals surface area contributed by atoms with Gasteiger partial charge in [0.05, 0.1) is 0 Å². The van der Waals surface area contributed by atoms with E-state index in [0.29, 0.717) is 5.92 Å². The van der Waals surface area contributed by atoms with Crippen LogP contribution >= 0.6 is 15.9 Å². The van der Waals surface area contributed by atoms with Gasteiger partial charge in [0.2, 0.25) is 0 Å². The van der Waals surface area contributed by atoms with Crippen LogP contribution in [-0.2, 0) is 0 Å². The minimum atomic E-state index is 0.629. The molecule has 0 aliphatic heterocycles. The Hall–Kier alpha value is -1.42. The Bertz CT molecular complexity index is 621. The highest BCUT2D eigenvalue weighted by Gasteiger charge is 2.26. The first kappa shape index (κ1) is 12.6. The maximum Gasteiger partial charge on any atom is 0.162 e. The van der Waals surface area contributed by atoms with Crippen molar-refractivity contribution in [3.05, 3.63) is 40.0 Å². The molecule has 0 amide bonds. The SMILES string of the molecule is CNc1cc(C2CC2)nc(-c2ccc(Br)cc2C)n1. The number of aryl methyl sites for hydroxylation is 1. The average molecular weight is 318 g/mol. The fourth-order valence-corrected chi connectivity index (χ4v) is 2.66. The van der Waals surface area contributed by atoms with Crippen LogP contribution in [0.25, 0.3) is 11.4 Å². The van der Waals surface area contributed by atoms with Crippen LogP contribution in [0.5, 0.6) is 0 Å². The molecule has 1 fully saturated rings. The summed E-state index contributed by atoms with van der Waals surface area (Å²) in [5, 5.41) is 3.13. The molecule has 0 spiro atoms. The van der Waals surface area contributed by atoms with Gasteiger partial charge in [0.25, 0.3) is 0 Å². The van der Waals surface area contributed by atoms with Crippen LogP contribution in [0.15, 0.2) is 28.7 Å². The Balaban J connectivity index is 2.10. The fraction of sp³-hybridized carbons (Fsp3) is 0.333. The van der Waals surface area contributed by atoms with Crippen LogP contribution < -0.4 is 5.32 Å². The van der Waals surface area contributed by atoms with Crippen LogP contribution in [0.3, 0.4) is 0 Å². The number of nitrogens with one attached hydrogen (secondary N) is 1. The number of halogens is 1. The maximum atomic E-state index is 4.74. The molecule has 2 aromatic rings. The summed E-state index contributed by atoms with van der Waals surface area (Å²) in [5.74, 6) is 2.34. The second kappa shape index (κ2) is 4.93. The summed E-state index contributed by atoms with van der Waals surface area (Å²) in [6.07, 6.45) is 2.50. The molecule has 98 valence electrons. The van der Waals surface area contributed by atoms with Gasteiger partial charge in [-0.1, -0.05) is 15.9 Å². The Morgan fingerprint density at radius 3 is 2.63 bits per heavy atom. The van der Waals surface area contributed by atoms with Gasteiger partial charge in [0.15, 0.2) is 5.82 Å². The number of benzene rings is 1. The molecule has 1 N–H and O–H groups in total. The zero-order chi connectivity index (χ0) is 13.4. The standard InChI is InChI=1S/C15H16BrN3/c1-9-7-11(16)5-6-12(9)15-18-13(10-3-4-10)8-14(17-2)19-15/h5-8,10H,3-4H2,1-2H3,(H,17,18,19). The first-order chi connectivity index (χ1) is 9.17. The van der Waals surface area contributed by atoms with Gasteiger partial charge in [-0.2, -0.15) is 0 Å². The molecule has 3 nitrogen and oxygen atoms in total. The summed E-state index contributed by atoms with van der Waals surface area (Å²) in [5.41, 5.74) is 3.45. The summed E-state index contributed by atoms with van der Waals surface area (Å²) in [4.78, 5) is 9.32. The Morgan fingerprint density at radius 1 is 1.21 bits per heavy atom. The molecule has 19 heavy (non-hydrogen) atoms. The highest BCUT2D eigenvalue weighted by molar-refractivity contribution is 9.10. The molecule has 0 unspecified atom stereocenters. The van der Waals surface area contributed by atoms with Crippen molar-refractivity contribution in [3.63, 3.8) is 0 Å². The highest BCUT2D eigenvalue weighted by atomic mass is 79.9. The number of hydrogen-bond acceptors (Lipinski definition) is 3. The van der Waals surface area contributed by atoms with Crippen molar-refractivity contribution >= 4 is 21.7 Å². The molecule has 0 saturated heterocycles. The molecule has 1 heterocycles. The van der Waals surface area contributed by atoms with Crippen LogP contribution in [-0.4, -0.2) is 17.0 Å². The summed E-state index contributed by atoms with van der Waals surface area (Å²) in [7, 11) is 1.90. The highest BCUT2D eigenvalue weighted by Crippen LogP contribution is 2.40. The summed E-state index contributed by atoms with van der Waals surface area (Å²) in [6.45, 7) is 2.09. The summed E-state index contributed by atoms with van der Waals surface area (Å²) < 4.78 is 1.08. The molecule has 0 bridgehead atoms. The van der Waals surface area contributed by atoms with Gasteiger partial charge in [-0.3, -0.25) is 0 Å². The van der Waals surface area contributed by atoms with Crippen LogP contribution in [0.1, 0.15) is 30.0 Å². The minimum Gasteiger partial charge on any atom is -0.373 e. The van der Waals surface area contributed by atoms with E-state index in [1.807, 2.05) is 13.1 Å². The molecule has 4 heteroatoms. The van der Waals surface area contributed by atoms with Gasteiger partial charge in [-0.25, -0.2) is 9.97 Å². The second-order valence-electron chi connectivity index (χ2n) is 4.99. The quantitative estimate of drug-likeness (QED) is 0.924. The van der Waals surface area contributed by atoms with Crippen LogP contribution in [0.4, 0.5) is 5.82 Å². The lowest BCUT2D eigenvalue weighted by Crippen LogP contribution is -2.01. The van der Waals surface area contributed by atoms with Crippen LogP contribution in [0.2, 0.25) is 0 Å². The van der Waals surface area contributed by atoms with Crippen molar-refractivity contribution in [2.75, 3.05) is 12.4 Å². The first-order valence-corrected chi connectivity index (χ1v) is 7.30. The van der Waals surface area contributed by atoms with Gasteiger partial charge in [-0.05, 0) is 43.5 Å². The van der Waals surface area contributed by atoms with Crippen molar-refractivity contribution in [1.82, 2.24) is 9.97 Å². The van der Waals surface area contributed by atoms with Crippen molar-refractivity contribution in [2.24, 2.45) is 0 Å². The van der Waals surface area contributed by atoms with Crippen molar-refractivity contribution < 1.29 is 0 Å². The first-order valence-electron chi connectivity index (χ1n) is 6.50. The Morgan fingerprint density at radius 2 is 2.00 bits per heavy atom. The van der Waals surface area contributed by atoms with E-state index in [1.54, 1.807) is 0 Å². The molecule has 1 aromatic heterocycles. The molecular formula is C15H16BrN3. The lowest BCUT2D eigenvalue weighted by molar-refractivity contribution is 0.993. The smallest absolute Gasteiger partial charge is 0.162 e. The molecule has 0 radical (unpaired) electrons. The van der Waals surface area contributed by atoms with Gasteiger partial charge < -0.3 is 5.32 Å². The zero-order valence-corrected chi connectivity index (χ0v) is 12.7. The molecular weight excluding hydrogens is 302 g/mol. The van der Waals surface area contributed by atoms with Gasteiger partial charge in [-0.15, -0.1) is 0 Å². The largest absolute Gasteiger partial charge is 0.373 e. The number of hydrogen-bond donors (Lipinski definition) is 1. The minimum absolute atomic E-state index is 0.629. The summed E-state index contributed by atoms with van der Waals surface area (Å²) >= 11 is 3.49. The fourth-order valence-electron chi connectivity index (χ4n) is 2.18. The normalized spacial score (nSPS) is 14.5. The Labute approximate surface area is 121 Å². The Kier molecular flexibility index (Phi) is 3.27. The number of rotatable bonds is 3. The van der Waals surface area contributed by atoms with Crippen molar-refractivity contribution in [1.29, 1.82) is 0 Å². The predicted molar refractivity (Wildman–Crippen MR) is 81.4 cm³/mol. The average Bonchev–Trinajstić information content (AvgIpc) is 3.22. The third-order valence-electron chi connectivity index (χ3n) is 3.43. The zero-order valence-electron chi connectivity index (χ0n) is 11.1. The van der Waals surface area contributed by atoms with Crippen molar-refractivity contribution in [3.8, 4) is 11.4 Å². The maximum absolute atomic E-state index is 4.74. The van der Waals surface area contributed by atoms with Crippen molar-refractivity contribution in [2.45, 2.75) is 25.7 Å². The van der Waals surface area contributed by atoms with E-state index in [1.165, 1.54) is 18.4 Å². The second-order valence-corrected chi connectivity index (χ2v) is 5.90. The number of anilines is 1. The topological polar surface area (TPSA) is 37.8 Å². The van der Waals surface area contributed by atoms with E-state index in [9.17, 15) is 0 Å². The molecule has 1 saturated carbocycles. The van der Waals surface area contributed by atoms with E-state index in [-0.39, 0.29) is 0 Å². The van der Waals surface area contributed by atoms with Gasteiger partial charge in [0, 0.05) is 34.8 Å². The van der Waals surface area contributed by atoms with E-state index in [0.717, 1.165) is 27.4 Å². The van der Waals surface area contributed by atoms with Gasteiger partial charge in [0.1, 0.15) is 5.82 Å². The third-order valence-corrected chi connectivity index (χ3v) is 3.92. The predicted octanol–water partition coefficient (Wildman–Crippen LogP) is 4.13.